The summed E-state index contributed by atoms with van der Waals surface area (Å²) < 4.78 is 0. The minimum Gasteiger partial charge on any atom is -0.390 e. The SMILES string of the molecule is CC(=O)NCCNc1cc(NCCNC(=O)C2=C[C@H](O)[C@H](O)[C@@H](O)C2)nc(-c2ccccc2)n1. The van der Waals surface area contributed by atoms with Gasteiger partial charge in [-0.15, -0.1) is 0 Å². The zero-order chi connectivity index (χ0) is 24.5. The molecule has 1 aliphatic carbocycles. The van der Waals surface area contributed by atoms with Crippen LogP contribution in [0.4, 0.5) is 11.6 Å². The largest absolute Gasteiger partial charge is 0.390 e. The van der Waals surface area contributed by atoms with Gasteiger partial charge in [-0.1, -0.05) is 30.3 Å². The number of aromatic nitrogens is 2. The molecule has 1 heterocycles. The Morgan fingerprint density at radius 1 is 0.941 bits per heavy atom. The second kappa shape index (κ2) is 12.1. The number of rotatable bonds is 10. The number of aliphatic hydroxyl groups excluding tert-OH is 3. The summed E-state index contributed by atoms with van der Waals surface area (Å²) in [5.41, 5.74) is 1.07. The molecule has 34 heavy (non-hydrogen) atoms. The fourth-order valence-electron chi connectivity index (χ4n) is 3.37. The van der Waals surface area contributed by atoms with E-state index in [-0.39, 0.29) is 24.4 Å². The Balaban J connectivity index is 1.59. The van der Waals surface area contributed by atoms with E-state index in [1.807, 2.05) is 30.3 Å². The van der Waals surface area contributed by atoms with Gasteiger partial charge in [0, 0.05) is 56.7 Å². The van der Waals surface area contributed by atoms with Crippen molar-refractivity contribution >= 4 is 23.5 Å². The van der Waals surface area contributed by atoms with E-state index in [0.717, 1.165) is 5.56 Å². The molecule has 0 aliphatic heterocycles. The number of nitrogens with zero attached hydrogens (tertiary/aromatic N) is 2. The van der Waals surface area contributed by atoms with Gasteiger partial charge in [-0.25, -0.2) is 9.97 Å². The van der Waals surface area contributed by atoms with Crippen LogP contribution in [-0.2, 0) is 9.59 Å². The highest BCUT2D eigenvalue weighted by atomic mass is 16.4. The van der Waals surface area contributed by atoms with E-state index in [0.29, 0.717) is 37.1 Å². The molecule has 2 aromatic rings. The highest BCUT2D eigenvalue weighted by Crippen LogP contribution is 2.21. The van der Waals surface area contributed by atoms with Gasteiger partial charge in [0.25, 0.3) is 0 Å². The van der Waals surface area contributed by atoms with Crippen LogP contribution in [0.2, 0.25) is 0 Å². The molecule has 3 rings (SSSR count). The van der Waals surface area contributed by atoms with Crippen molar-refractivity contribution in [2.24, 2.45) is 0 Å². The van der Waals surface area contributed by atoms with E-state index in [2.05, 4.69) is 31.2 Å². The van der Waals surface area contributed by atoms with Crippen molar-refractivity contribution in [1.82, 2.24) is 20.6 Å². The van der Waals surface area contributed by atoms with Crippen LogP contribution in [0.3, 0.4) is 0 Å². The lowest BCUT2D eigenvalue weighted by atomic mass is 9.92. The fourth-order valence-corrected chi connectivity index (χ4v) is 3.37. The van der Waals surface area contributed by atoms with E-state index < -0.39 is 24.2 Å². The summed E-state index contributed by atoms with van der Waals surface area (Å²) in [6.45, 7) is 3.02. The Bertz CT molecular complexity index is 1020. The van der Waals surface area contributed by atoms with E-state index in [1.165, 1.54) is 13.0 Å². The van der Waals surface area contributed by atoms with Gasteiger partial charge < -0.3 is 36.6 Å². The smallest absolute Gasteiger partial charge is 0.247 e. The monoisotopic (exact) mass is 470 g/mol. The number of carbonyl (C=O) groups is 2. The molecular weight excluding hydrogens is 440 g/mol. The van der Waals surface area contributed by atoms with Gasteiger partial charge in [0.1, 0.15) is 23.8 Å². The number of aliphatic hydroxyl groups is 3. The minimum atomic E-state index is -1.30. The molecule has 11 heteroatoms. The highest BCUT2D eigenvalue weighted by molar-refractivity contribution is 5.93. The average Bonchev–Trinajstić information content (AvgIpc) is 2.83. The van der Waals surface area contributed by atoms with Crippen molar-refractivity contribution in [3.8, 4) is 11.4 Å². The lowest BCUT2D eigenvalue weighted by Gasteiger charge is -2.27. The third-order valence-electron chi connectivity index (χ3n) is 5.12. The lowest BCUT2D eigenvalue weighted by molar-refractivity contribution is -0.119. The first-order valence-corrected chi connectivity index (χ1v) is 11.0. The maximum absolute atomic E-state index is 12.3. The first kappa shape index (κ1) is 25.1. The lowest BCUT2D eigenvalue weighted by Crippen LogP contribution is -2.42. The maximum atomic E-state index is 12.3. The van der Waals surface area contributed by atoms with Gasteiger partial charge in [-0.3, -0.25) is 9.59 Å². The first-order valence-electron chi connectivity index (χ1n) is 11.0. The van der Waals surface area contributed by atoms with Crippen LogP contribution in [0.5, 0.6) is 0 Å². The Morgan fingerprint density at radius 3 is 2.15 bits per heavy atom. The molecule has 7 N–H and O–H groups in total. The van der Waals surface area contributed by atoms with E-state index in [4.69, 9.17) is 0 Å². The van der Waals surface area contributed by atoms with Gasteiger partial charge in [0.15, 0.2) is 5.82 Å². The van der Waals surface area contributed by atoms with Crippen LogP contribution < -0.4 is 21.3 Å². The summed E-state index contributed by atoms with van der Waals surface area (Å²) in [5.74, 6) is 1.13. The molecule has 0 saturated heterocycles. The molecule has 0 spiro atoms. The van der Waals surface area contributed by atoms with Crippen LogP contribution in [-0.4, -0.2) is 81.6 Å². The zero-order valence-corrected chi connectivity index (χ0v) is 18.9. The predicted molar refractivity (Wildman–Crippen MR) is 127 cm³/mol. The summed E-state index contributed by atoms with van der Waals surface area (Å²) in [6.07, 6.45) is -2.53. The molecule has 1 aromatic carbocycles. The molecule has 0 bridgehead atoms. The summed E-state index contributed by atoms with van der Waals surface area (Å²) in [4.78, 5) is 32.4. The summed E-state index contributed by atoms with van der Waals surface area (Å²) in [6, 6.07) is 11.2. The molecule has 1 aliphatic rings. The van der Waals surface area contributed by atoms with Crippen molar-refractivity contribution in [2.75, 3.05) is 36.8 Å². The third-order valence-corrected chi connectivity index (χ3v) is 5.12. The summed E-state index contributed by atoms with van der Waals surface area (Å²) in [7, 11) is 0. The molecular formula is C23H30N6O5. The van der Waals surface area contributed by atoms with Gasteiger partial charge in [-0.2, -0.15) is 0 Å². The second-order valence-corrected chi connectivity index (χ2v) is 7.87. The van der Waals surface area contributed by atoms with E-state index >= 15 is 0 Å². The first-order chi connectivity index (χ1) is 16.3. The average molecular weight is 471 g/mol. The Labute approximate surface area is 197 Å². The number of carbonyl (C=O) groups excluding carboxylic acids is 2. The molecule has 1 aromatic heterocycles. The van der Waals surface area contributed by atoms with E-state index in [1.54, 1.807) is 6.07 Å². The van der Waals surface area contributed by atoms with Crippen LogP contribution in [0.15, 0.2) is 48.0 Å². The molecule has 0 radical (unpaired) electrons. The molecule has 0 fully saturated rings. The quantitative estimate of drug-likeness (QED) is 0.229. The maximum Gasteiger partial charge on any atom is 0.247 e. The highest BCUT2D eigenvalue weighted by Gasteiger charge is 2.31. The molecule has 0 saturated carbocycles. The van der Waals surface area contributed by atoms with Crippen molar-refractivity contribution in [2.45, 2.75) is 31.7 Å². The van der Waals surface area contributed by atoms with Gasteiger partial charge in [0.2, 0.25) is 11.8 Å². The standard InChI is InChI=1S/C23H30N6O5/c1-14(30)24-7-8-25-19-13-20(29-22(28-19)15-5-3-2-4-6-15)26-9-10-27-23(34)16-11-17(31)21(33)18(32)12-16/h2-6,11,13,17-18,21,31-33H,7-10,12H2,1H3,(H,24,30)(H,27,34)(H2,25,26,28,29)/t17-,18-,21-/m0/s1. The predicted octanol–water partition coefficient (Wildman–Crippen LogP) is -0.367. The van der Waals surface area contributed by atoms with Crippen molar-refractivity contribution in [3.63, 3.8) is 0 Å². The van der Waals surface area contributed by atoms with Crippen LogP contribution in [0.1, 0.15) is 13.3 Å². The number of hydrogen-bond acceptors (Lipinski definition) is 9. The fraction of sp³-hybridized carbons (Fsp3) is 0.391. The Hall–Kier alpha value is -3.54. The summed E-state index contributed by atoms with van der Waals surface area (Å²) >= 11 is 0. The molecule has 2 amide bonds. The molecule has 0 unspecified atom stereocenters. The van der Waals surface area contributed by atoms with Gasteiger partial charge in [0.05, 0.1) is 6.10 Å². The number of anilines is 2. The molecule has 3 atom stereocenters. The normalized spacial score (nSPS) is 19.6. The van der Waals surface area contributed by atoms with Crippen molar-refractivity contribution in [1.29, 1.82) is 0 Å². The number of nitrogens with one attached hydrogen (secondary N) is 4. The topological polar surface area (TPSA) is 169 Å². The molecule has 11 nitrogen and oxygen atoms in total. The minimum absolute atomic E-state index is 0.0304. The number of hydrogen-bond donors (Lipinski definition) is 7. The number of amides is 2. The third kappa shape index (κ3) is 7.24. The Morgan fingerprint density at radius 2 is 1.56 bits per heavy atom. The van der Waals surface area contributed by atoms with Gasteiger partial charge in [-0.05, 0) is 6.08 Å². The number of benzene rings is 1. The van der Waals surface area contributed by atoms with Crippen molar-refractivity contribution in [3.05, 3.63) is 48.0 Å². The van der Waals surface area contributed by atoms with Crippen LogP contribution >= 0.6 is 0 Å². The Kier molecular flexibility index (Phi) is 8.91. The van der Waals surface area contributed by atoms with E-state index in [9.17, 15) is 24.9 Å². The van der Waals surface area contributed by atoms with Crippen LogP contribution in [0, 0.1) is 0 Å². The zero-order valence-electron chi connectivity index (χ0n) is 18.9. The summed E-state index contributed by atoms with van der Waals surface area (Å²) in [5, 5.41) is 40.8. The van der Waals surface area contributed by atoms with Crippen molar-refractivity contribution < 1.29 is 24.9 Å². The molecule has 182 valence electrons. The van der Waals surface area contributed by atoms with Crippen LogP contribution in [0.25, 0.3) is 11.4 Å². The second-order valence-electron chi connectivity index (χ2n) is 7.87. The van der Waals surface area contributed by atoms with Gasteiger partial charge >= 0.3 is 0 Å².